The van der Waals surface area contributed by atoms with Crippen molar-refractivity contribution in [3.8, 4) is 0 Å². The standard InChI is InChI=1S/C7H13NO/c1-6(2)5-8(4)7(3)9/h5H,1-4H3. The molecule has 0 atom stereocenters. The second-order valence-electron chi connectivity index (χ2n) is 2.34. The molecule has 0 rings (SSSR count). The van der Waals surface area contributed by atoms with Gasteiger partial charge in [-0.2, -0.15) is 0 Å². The van der Waals surface area contributed by atoms with Crippen molar-refractivity contribution in [1.29, 1.82) is 0 Å². The maximum Gasteiger partial charge on any atom is 0.223 e. The van der Waals surface area contributed by atoms with Crippen molar-refractivity contribution in [2.75, 3.05) is 7.05 Å². The van der Waals surface area contributed by atoms with Gasteiger partial charge in [0.1, 0.15) is 0 Å². The zero-order chi connectivity index (χ0) is 7.44. The number of hydrogen-bond donors (Lipinski definition) is 0. The van der Waals surface area contributed by atoms with Crippen LogP contribution in [-0.2, 0) is 4.79 Å². The molecule has 0 aromatic carbocycles. The molecule has 0 aliphatic carbocycles. The second kappa shape index (κ2) is 3.28. The van der Waals surface area contributed by atoms with Crippen LogP contribution >= 0.6 is 0 Å². The number of carbonyl (C=O) groups excluding carboxylic acids is 1. The maximum absolute atomic E-state index is 10.6. The quantitative estimate of drug-likeness (QED) is 0.521. The van der Waals surface area contributed by atoms with Gasteiger partial charge >= 0.3 is 0 Å². The van der Waals surface area contributed by atoms with E-state index in [4.69, 9.17) is 0 Å². The summed E-state index contributed by atoms with van der Waals surface area (Å²) in [5.74, 6) is 0.0659. The Balaban J connectivity index is 3.91. The lowest BCUT2D eigenvalue weighted by Crippen LogP contribution is -2.16. The average Bonchev–Trinajstić information content (AvgIpc) is 1.63. The molecule has 0 aromatic rings. The van der Waals surface area contributed by atoms with E-state index in [9.17, 15) is 4.79 Å². The van der Waals surface area contributed by atoms with Crippen LogP contribution in [0.25, 0.3) is 0 Å². The molecule has 0 spiro atoms. The first-order chi connectivity index (χ1) is 4.04. The normalized spacial score (nSPS) is 8.44. The molecule has 9 heavy (non-hydrogen) atoms. The average molecular weight is 127 g/mol. The van der Waals surface area contributed by atoms with E-state index >= 15 is 0 Å². The molecule has 0 aromatic heterocycles. The van der Waals surface area contributed by atoms with Crippen LogP contribution in [0.4, 0.5) is 0 Å². The third-order valence-corrected chi connectivity index (χ3v) is 0.949. The van der Waals surface area contributed by atoms with Crippen LogP contribution in [-0.4, -0.2) is 17.9 Å². The summed E-state index contributed by atoms with van der Waals surface area (Å²) in [6.45, 7) is 5.46. The van der Waals surface area contributed by atoms with Crippen LogP contribution in [0.2, 0.25) is 0 Å². The monoisotopic (exact) mass is 127 g/mol. The molecular weight excluding hydrogens is 114 g/mol. The molecule has 0 fully saturated rings. The lowest BCUT2D eigenvalue weighted by molar-refractivity contribution is -0.125. The Bertz CT molecular complexity index is 134. The number of amides is 1. The topological polar surface area (TPSA) is 20.3 Å². The molecule has 0 radical (unpaired) electrons. The van der Waals surface area contributed by atoms with Gasteiger partial charge in [-0.1, -0.05) is 5.57 Å². The Morgan fingerprint density at radius 3 is 1.89 bits per heavy atom. The molecule has 2 heteroatoms. The van der Waals surface area contributed by atoms with Crippen molar-refractivity contribution in [3.05, 3.63) is 11.8 Å². The minimum atomic E-state index is 0.0659. The number of rotatable bonds is 1. The van der Waals surface area contributed by atoms with E-state index in [1.54, 1.807) is 18.9 Å². The predicted molar refractivity (Wildman–Crippen MR) is 37.9 cm³/mol. The van der Waals surface area contributed by atoms with Gasteiger partial charge < -0.3 is 4.90 Å². The minimum absolute atomic E-state index is 0.0659. The number of hydrogen-bond acceptors (Lipinski definition) is 1. The molecule has 2 nitrogen and oxygen atoms in total. The highest BCUT2D eigenvalue weighted by Gasteiger charge is 1.94. The summed E-state index contributed by atoms with van der Waals surface area (Å²) in [5.41, 5.74) is 1.13. The van der Waals surface area contributed by atoms with Gasteiger partial charge in [0.2, 0.25) is 5.91 Å². The van der Waals surface area contributed by atoms with Crippen molar-refractivity contribution in [1.82, 2.24) is 4.90 Å². The van der Waals surface area contributed by atoms with Gasteiger partial charge in [-0.3, -0.25) is 4.79 Å². The Kier molecular flexibility index (Phi) is 2.99. The van der Waals surface area contributed by atoms with Crippen LogP contribution in [0, 0.1) is 0 Å². The van der Waals surface area contributed by atoms with E-state index in [1.807, 2.05) is 20.0 Å². The largest absolute Gasteiger partial charge is 0.322 e. The second-order valence-corrected chi connectivity index (χ2v) is 2.34. The molecule has 0 aliphatic heterocycles. The molecule has 0 heterocycles. The third kappa shape index (κ3) is 3.76. The highest BCUT2D eigenvalue weighted by Crippen LogP contribution is 1.92. The Morgan fingerprint density at radius 2 is 1.78 bits per heavy atom. The SMILES string of the molecule is CC(=O)N(C)C=C(C)C. The molecule has 52 valence electrons. The van der Waals surface area contributed by atoms with Crippen LogP contribution in [0.5, 0.6) is 0 Å². The first kappa shape index (κ1) is 8.21. The van der Waals surface area contributed by atoms with E-state index in [-0.39, 0.29) is 5.91 Å². The third-order valence-electron chi connectivity index (χ3n) is 0.949. The summed E-state index contributed by atoms with van der Waals surface area (Å²) >= 11 is 0. The fraction of sp³-hybridized carbons (Fsp3) is 0.571. The first-order valence-corrected chi connectivity index (χ1v) is 2.92. The molecule has 1 amide bonds. The van der Waals surface area contributed by atoms with Crippen LogP contribution in [0.1, 0.15) is 20.8 Å². The van der Waals surface area contributed by atoms with E-state index in [1.165, 1.54) is 0 Å². The molecule has 0 aliphatic rings. The molecule has 0 saturated carbocycles. The Hall–Kier alpha value is -0.790. The van der Waals surface area contributed by atoms with E-state index < -0.39 is 0 Å². The lowest BCUT2D eigenvalue weighted by Gasteiger charge is -2.07. The minimum Gasteiger partial charge on any atom is -0.322 e. The molecule has 0 unspecified atom stereocenters. The highest BCUT2D eigenvalue weighted by atomic mass is 16.2. The van der Waals surface area contributed by atoms with Crippen LogP contribution in [0.15, 0.2) is 11.8 Å². The van der Waals surface area contributed by atoms with Crippen molar-refractivity contribution >= 4 is 5.91 Å². The summed E-state index contributed by atoms with van der Waals surface area (Å²) in [5, 5.41) is 0. The summed E-state index contributed by atoms with van der Waals surface area (Å²) < 4.78 is 0. The summed E-state index contributed by atoms with van der Waals surface area (Å²) in [4.78, 5) is 12.1. The predicted octanol–water partition coefficient (Wildman–Crippen LogP) is 1.39. The van der Waals surface area contributed by atoms with Gasteiger partial charge in [-0.15, -0.1) is 0 Å². The fourth-order valence-electron chi connectivity index (χ4n) is 0.478. The van der Waals surface area contributed by atoms with E-state index in [2.05, 4.69) is 0 Å². The molecule has 0 saturated heterocycles. The van der Waals surface area contributed by atoms with Crippen molar-refractivity contribution < 1.29 is 4.79 Å². The van der Waals surface area contributed by atoms with Crippen LogP contribution in [0.3, 0.4) is 0 Å². The summed E-state index contributed by atoms with van der Waals surface area (Å²) in [7, 11) is 1.75. The number of allylic oxidation sites excluding steroid dienone is 1. The Labute approximate surface area is 56.2 Å². The maximum atomic E-state index is 10.6. The molecule has 0 bridgehead atoms. The zero-order valence-corrected chi connectivity index (χ0v) is 6.43. The lowest BCUT2D eigenvalue weighted by atomic mass is 10.4. The van der Waals surface area contributed by atoms with Gasteiger partial charge in [0.25, 0.3) is 0 Å². The van der Waals surface area contributed by atoms with Crippen molar-refractivity contribution in [2.24, 2.45) is 0 Å². The van der Waals surface area contributed by atoms with Gasteiger partial charge in [0.05, 0.1) is 0 Å². The van der Waals surface area contributed by atoms with Crippen LogP contribution < -0.4 is 0 Å². The van der Waals surface area contributed by atoms with E-state index in [0.29, 0.717) is 0 Å². The first-order valence-electron chi connectivity index (χ1n) is 2.92. The zero-order valence-electron chi connectivity index (χ0n) is 6.43. The fourth-order valence-corrected chi connectivity index (χ4v) is 0.478. The summed E-state index contributed by atoms with van der Waals surface area (Å²) in [6.07, 6.45) is 1.81. The molecule has 0 N–H and O–H groups in total. The van der Waals surface area contributed by atoms with Gasteiger partial charge in [0, 0.05) is 20.2 Å². The molecular formula is C7H13NO. The van der Waals surface area contributed by atoms with Gasteiger partial charge in [-0.05, 0) is 13.8 Å². The summed E-state index contributed by atoms with van der Waals surface area (Å²) in [6, 6.07) is 0. The number of carbonyl (C=O) groups is 1. The van der Waals surface area contributed by atoms with E-state index in [0.717, 1.165) is 5.57 Å². The van der Waals surface area contributed by atoms with Gasteiger partial charge in [-0.25, -0.2) is 0 Å². The van der Waals surface area contributed by atoms with Gasteiger partial charge in [0.15, 0.2) is 0 Å². The highest BCUT2D eigenvalue weighted by molar-refractivity contribution is 5.73. The Morgan fingerprint density at radius 1 is 1.33 bits per heavy atom. The number of nitrogens with zero attached hydrogens (tertiary/aromatic N) is 1. The van der Waals surface area contributed by atoms with Crippen molar-refractivity contribution in [3.63, 3.8) is 0 Å². The smallest absolute Gasteiger partial charge is 0.223 e. The van der Waals surface area contributed by atoms with Crippen molar-refractivity contribution in [2.45, 2.75) is 20.8 Å².